The van der Waals surface area contributed by atoms with Crippen LogP contribution in [0.15, 0.2) is 18.2 Å². The SMILES string of the molecule is COc1ccc(C)c(NC(=O)NCCO)c1. The van der Waals surface area contributed by atoms with E-state index < -0.39 is 0 Å². The second-order valence-corrected chi connectivity index (χ2v) is 3.29. The maximum absolute atomic E-state index is 11.3. The first-order valence-corrected chi connectivity index (χ1v) is 4.97. The lowest BCUT2D eigenvalue weighted by Gasteiger charge is -2.10. The Morgan fingerprint density at radius 3 is 2.88 bits per heavy atom. The number of urea groups is 1. The van der Waals surface area contributed by atoms with Crippen LogP contribution in [0.3, 0.4) is 0 Å². The van der Waals surface area contributed by atoms with E-state index >= 15 is 0 Å². The van der Waals surface area contributed by atoms with E-state index in [0.717, 1.165) is 5.56 Å². The molecule has 0 unspecified atom stereocenters. The van der Waals surface area contributed by atoms with Gasteiger partial charge in [-0.2, -0.15) is 0 Å². The Morgan fingerprint density at radius 1 is 1.50 bits per heavy atom. The Bertz CT molecular complexity index is 366. The van der Waals surface area contributed by atoms with Crippen LogP contribution in [0.4, 0.5) is 10.5 Å². The Hall–Kier alpha value is -1.75. The van der Waals surface area contributed by atoms with E-state index in [2.05, 4.69) is 10.6 Å². The lowest BCUT2D eigenvalue weighted by atomic mass is 10.2. The standard InChI is InChI=1S/C11H16N2O3/c1-8-3-4-9(16-2)7-10(8)13-11(15)12-5-6-14/h3-4,7,14H,5-6H2,1-2H3,(H2,12,13,15). The van der Waals surface area contributed by atoms with Crippen molar-refractivity contribution in [1.29, 1.82) is 0 Å². The highest BCUT2D eigenvalue weighted by Gasteiger charge is 2.04. The van der Waals surface area contributed by atoms with E-state index in [1.165, 1.54) is 0 Å². The van der Waals surface area contributed by atoms with Crippen LogP contribution >= 0.6 is 0 Å². The van der Waals surface area contributed by atoms with Crippen molar-refractivity contribution in [3.05, 3.63) is 23.8 Å². The number of hydrogen-bond donors (Lipinski definition) is 3. The molecule has 0 aliphatic carbocycles. The molecular formula is C11H16N2O3. The summed E-state index contributed by atoms with van der Waals surface area (Å²) in [7, 11) is 1.57. The summed E-state index contributed by atoms with van der Waals surface area (Å²) in [5, 5.41) is 13.7. The largest absolute Gasteiger partial charge is 0.497 e. The summed E-state index contributed by atoms with van der Waals surface area (Å²) in [6.07, 6.45) is 0. The minimum absolute atomic E-state index is 0.0789. The quantitative estimate of drug-likeness (QED) is 0.717. The van der Waals surface area contributed by atoms with Crippen molar-refractivity contribution in [2.45, 2.75) is 6.92 Å². The molecule has 1 rings (SSSR count). The van der Waals surface area contributed by atoms with Crippen LogP contribution in [-0.2, 0) is 0 Å². The van der Waals surface area contributed by atoms with Gasteiger partial charge in [-0.05, 0) is 18.6 Å². The third-order valence-electron chi connectivity index (χ3n) is 2.09. The van der Waals surface area contributed by atoms with Gasteiger partial charge in [-0.1, -0.05) is 6.07 Å². The minimum atomic E-state index is -0.342. The van der Waals surface area contributed by atoms with Crippen molar-refractivity contribution in [3.63, 3.8) is 0 Å². The van der Waals surface area contributed by atoms with Gasteiger partial charge in [-0.3, -0.25) is 0 Å². The third kappa shape index (κ3) is 3.43. The van der Waals surface area contributed by atoms with Crippen LogP contribution in [0, 0.1) is 6.92 Å². The van der Waals surface area contributed by atoms with Gasteiger partial charge in [0.15, 0.2) is 0 Å². The molecular weight excluding hydrogens is 208 g/mol. The zero-order chi connectivity index (χ0) is 12.0. The Kier molecular flexibility index (Phi) is 4.60. The van der Waals surface area contributed by atoms with Crippen molar-refractivity contribution in [1.82, 2.24) is 5.32 Å². The number of aliphatic hydroxyl groups is 1. The maximum atomic E-state index is 11.3. The normalized spacial score (nSPS) is 9.69. The molecule has 0 bridgehead atoms. The summed E-state index contributed by atoms with van der Waals surface area (Å²) >= 11 is 0. The highest BCUT2D eigenvalue weighted by Crippen LogP contribution is 2.21. The molecule has 0 spiro atoms. The van der Waals surface area contributed by atoms with Crippen LogP contribution in [-0.4, -0.2) is 31.4 Å². The van der Waals surface area contributed by atoms with Crippen LogP contribution in [0.25, 0.3) is 0 Å². The number of amides is 2. The van der Waals surface area contributed by atoms with Crippen molar-refractivity contribution in [2.24, 2.45) is 0 Å². The van der Waals surface area contributed by atoms with E-state index in [9.17, 15) is 4.79 Å². The zero-order valence-electron chi connectivity index (χ0n) is 9.41. The minimum Gasteiger partial charge on any atom is -0.497 e. The highest BCUT2D eigenvalue weighted by molar-refractivity contribution is 5.90. The molecule has 0 aromatic heterocycles. The van der Waals surface area contributed by atoms with Gasteiger partial charge in [0.25, 0.3) is 0 Å². The monoisotopic (exact) mass is 224 g/mol. The molecule has 0 fully saturated rings. The van der Waals surface area contributed by atoms with Crippen molar-refractivity contribution < 1.29 is 14.6 Å². The summed E-state index contributed by atoms with van der Waals surface area (Å²) in [5.74, 6) is 0.683. The summed E-state index contributed by atoms with van der Waals surface area (Å²) in [6.45, 7) is 2.04. The average Bonchev–Trinajstić information content (AvgIpc) is 2.29. The first kappa shape index (κ1) is 12.3. The number of methoxy groups -OCH3 is 1. The molecule has 0 heterocycles. The molecule has 2 amide bonds. The van der Waals surface area contributed by atoms with Crippen molar-refractivity contribution >= 4 is 11.7 Å². The van der Waals surface area contributed by atoms with Crippen LogP contribution in [0.5, 0.6) is 5.75 Å². The first-order valence-electron chi connectivity index (χ1n) is 4.97. The molecule has 0 saturated carbocycles. The zero-order valence-corrected chi connectivity index (χ0v) is 9.41. The number of carbonyl (C=O) groups is 1. The molecule has 0 radical (unpaired) electrons. The van der Waals surface area contributed by atoms with Gasteiger partial charge in [0.1, 0.15) is 5.75 Å². The molecule has 3 N–H and O–H groups in total. The number of rotatable bonds is 4. The number of benzene rings is 1. The Morgan fingerprint density at radius 2 is 2.25 bits per heavy atom. The molecule has 5 heteroatoms. The topological polar surface area (TPSA) is 70.6 Å². The Labute approximate surface area is 94.4 Å². The summed E-state index contributed by atoms with van der Waals surface area (Å²) in [4.78, 5) is 11.3. The predicted molar refractivity (Wildman–Crippen MR) is 61.8 cm³/mol. The van der Waals surface area contributed by atoms with E-state index in [1.807, 2.05) is 19.1 Å². The van der Waals surface area contributed by atoms with Gasteiger partial charge in [0.05, 0.1) is 13.7 Å². The molecule has 0 aliphatic heterocycles. The van der Waals surface area contributed by atoms with E-state index in [4.69, 9.17) is 9.84 Å². The number of nitrogens with one attached hydrogen (secondary N) is 2. The fourth-order valence-electron chi connectivity index (χ4n) is 1.20. The highest BCUT2D eigenvalue weighted by atomic mass is 16.5. The molecule has 0 aliphatic rings. The van der Waals surface area contributed by atoms with Crippen LogP contribution in [0.2, 0.25) is 0 Å². The maximum Gasteiger partial charge on any atom is 0.319 e. The second kappa shape index (κ2) is 5.97. The third-order valence-corrected chi connectivity index (χ3v) is 2.09. The average molecular weight is 224 g/mol. The fourth-order valence-corrected chi connectivity index (χ4v) is 1.20. The molecule has 5 nitrogen and oxygen atoms in total. The van der Waals surface area contributed by atoms with Gasteiger partial charge in [0, 0.05) is 18.3 Å². The van der Waals surface area contributed by atoms with Crippen LogP contribution in [0.1, 0.15) is 5.56 Å². The smallest absolute Gasteiger partial charge is 0.319 e. The van der Waals surface area contributed by atoms with Gasteiger partial charge < -0.3 is 20.5 Å². The first-order chi connectivity index (χ1) is 7.67. The number of ether oxygens (including phenoxy) is 1. The number of aryl methyl sites for hydroxylation is 1. The van der Waals surface area contributed by atoms with Crippen molar-refractivity contribution in [2.75, 3.05) is 25.6 Å². The Balaban J connectivity index is 2.68. The molecule has 1 aromatic carbocycles. The summed E-state index contributed by atoms with van der Waals surface area (Å²) < 4.78 is 5.06. The van der Waals surface area contributed by atoms with Crippen molar-refractivity contribution in [3.8, 4) is 5.75 Å². The number of carbonyl (C=O) groups excluding carboxylic acids is 1. The molecule has 1 aromatic rings. The molecule has 0 atom stereocenters. The predicted octanol–water partition coefficient (Wildman–Crippen LogP) is 1.12. The summed E-state index contributed by atoms with van der Waals surface area (Å²) in [5.41, 5.74) is 1.63. The summed E-state index contributed by atoms with van der Waals surface area (Å²) in [6, 6.07) is 5.09. The van der Waals surface area contributed by atoms with E-state index in [0.29, 0.717) is 11.4 Å². The second-order valence-electron chi connectivity index (χ2n) is 3.29. The van der Waals surface area contributed by atoms with Gasteiger partial charge in [-0.25, -0.2) is 4.79 Å². The van der Waals surface area contributed by atoms with Gasteiger partial charge >= 0.3 is 6.03 Å². The van der Waals surface area contributed by atoms with E-state index in [1.54, 1.807) is 13.2 Å². The fraction of sp³-hybridized carbons (Fsp3) is 0.364. The lowest BCUT2D eigenvalue weighted by Crippen LogP contribution is -2.31. The molecule has 16 heavy (non-hydrogen) atoms. The number of anilines is 1. The van der Waals surface area contributed by atoms with Gasteiger partial charge in [-0.15, -0.1) is 0 Å². The van der Waals surface area contributed by atoms with E-state index in [-0.39, 0.29) is 19.2 Å². The van der Waals surface area contributed by atoms with Crippen LogP contribution < -0.4 is 15.4 Å². The molecule has 0 saturated heterocycles. The number of hydrogen-bond acceptors (Lipinski definition) is 3. The number of aliphatic hydroxyl groups excluding tert-OH is 1. The van der Waals surface area contributed by atoms with Gasteiger partial charge in [0.2, 0.25) is 0 Å². The molecule has 88 valence electrons. The lowest BCUT2D eigenvalue weighted by molar-refractivity contribution is 0.245.